The third-order valence-corrected chi connectivity index (χ3v) is 4.83. The molecule has 1 heterocycles. The number of nitrogens with one attached hydrogen (secondary N) is 1. The number of anilines is 1. The van der Waals surface area contributed by atoms with E-state index in [2.05, 4.69) is 17.2 Å². The number of carbonyl (C=O) groups excluding carboxylic acids is 2. The zero-order valence-electron chi connectivity index (χ0n) is 15.7. The average Bonchev–Trinajstić information content (AvgIpc) is 2.73. The molecule has 3 nitrogen and oxygen atoms in total. The van der Waals surface area contributed by atoms with Gasteiger partial charge in [0.2, 0.25) is 5.78 Å². The molecule has 0 unspecified atom stereocenters. The first-order valence-corrected chi connectivity index (χ1v) is 9.58. The van der Waals surface area contributed by atoms with Crippen LogP contribution in [0.3, 0.4) is 0 Å². The summed E-state index contributed by atoms with van der Waals surface area (Å²) in [4.78, 5) is 25.4. The fraction of sp³-hybridized carbons (Fsp3) is 0.0400. The van der Waals surface area contributed by atoms with Crippen molar-refractivity contribution in [3.63, 3.8) is 0 Å². The number of hydrogen-bond donors (Lipinski definition) is 1. The number of amides is 1. The Hall–Kier alpha value is -3.68. The Labute approximate surface area is 178 Å². The average molecular weight is 416 g/mol. The Morgan fingerprint density at radius 3 is 2.57 bits per heavy atom. The minimum atomic E-state index is -0.456. The predicted octanol–water partition coefficient (Wildman–Crippen LogP) is 5.29. The lowest BCUT2D eigenvalue weighted by atomic mass is 9.94. The van der Waals surface area contributed by atoms with E-state index in [9.17, 15) is 14.0 Å². The Bertz CT molecular complexity index is 1250. The van der Waals surface area contributed by atoms with E-state index in [-0.39, 0.29) is 17.2 Å². The van der Waals surface area contributed by atoms with Crippen molar-refractivity contribution in [1.29, 1.82) is 0 Å². The predicted molar refractivity (Wildman–Crippen MR) is 116 cm³/mol. The van der Waals surface area contributed by atoms with Crippen molar-refractivity contribution in [2.24, 2.45) is 0 Å². The summed E-state index contributed by atoms with van der Waals surface area (Å²) >= 11 is 5.99. The molecule has 0 aliphatic carbocycles. The second-order valence-corrected chi connectivity index (χ2v) is 7.20. The summed E-state index contributed by atoms with van der Waals surface area (Å²) in [6, 6.07) is 18.2. The molecule has 1 aliphatic rings. The molecule has 0 bridgehead atoms. The molecule has 0 atom stereocenters. The van der Waals surface area contributed by atoms with Gasteiger partial charge in [-0.15, -0.1) is 0 Å². The van der Waals surface area contributed by atoms with Crippen LogP contribution < -0.4 is 5.32 Å². The maximum atomic E-state index is 13.0. The topological polar surface area (TPSA) is 46.2 Å². The maximum Gasteiger partial charge on any atom is 0.259 e. The van der Waals surface area contributed by atoms with E-state index < -0.39 is 5.91 Å². The Balaban J connectivity index is 1.60. The van der Waals surface area contributed by atoms with Crippen LogP contribution in [-0.2, 0) is 11.2 Å². The van der Waals surface area contributed by atoms with Crippen LogP contribution in [0.1, 0.15) is 27.0 Å². The fourth-order valence-corrected chi connectivity index (χ4v) is 3.30. The van der Waals surface area contributed by atoms with Gasteiger partial charge >= 0.3 is 0 Å². The Kier molecular flexibility index (Phi) is 5.47. The molecule has 5 heteroatoms. The highest BCUT2D eigenvalue weighted by molar-refractivity contribution is 6.36. The molecule has 0 saturated heterocycles. The van der Waals surface area contributed by atoms with Gasteiger partial charge in [-0.3, -0.25) is 9.59 Å². The quantitative estimate of drug-likeness (QED) is 0.351. The Morgan fingerprint density at radius 2 is 1.80 bits per heavy atom. The van der Waals surface area contributed by atoms with Crippen molar-refractivity contribution in [1.82, 2.24) is 0 Å². The summed E-state index contributed by atoms with van der Waals surface area (Å²) in [7, 11) is 0. The third kappa shape index (κ3) is 4.32. The molecule has 4 rings (SSSR count). The van der Waals surface area contributed by atoms with Crippen molar-refractivity contribution < 1.29 is 14.0 Å². The van der Waals surface area contributed by atoms with E-state index in [0.717, 1.165) is 5.56 Å². The molecular weight excluding hydrogens is 401 g/mol. The van der Waals surface area contributed by atoms with E-state index in [4.69, 9.17) is 11.6 Å². The van der Waals surface area contributed by atoms with Crippen LogP contribution in [0.5, 0.6) is 0 Å². The van der Waals surface area contributed by atoms with Gasteiger partial charge < -0.3 is 5.32 Å². The maximum absolute atomic E-state index is 13.0. The number of hydrogen-bond acceptors (Lipinski definition) is 2. The SMILES string of the molecule is O=C1Nc2ccc(C#CCc3ccc(F)cc3)cc2C(=O)/C1=C\c1cccc(Cl)c1. The number of fused-ring (bicyclic) bond motifs is 1. The fourth-order valence-electron chi connectivity index (χ4n) is 3.10. The van der Waals surface area contributed by atoms with Crippen LogP contribution in [0.25, 0.3) is 6.08 Å². The monoisotopic (exact) mass is 415 g/mol. The van der Waals surface area contributed by atoms with Gasteiger partial charge in [-0.1, -0.05) is 47.7 Å². The second-order valence-electron chi connectivity index (χ2n) is 6.76. The van der Waals surface area contributed by atoms with Crippen LogP contribution in [0.2, 0.25) is 5.02 Å². The van der Waals surface area contributed by atoms with Gasteiger partial charge in [0.15, 0.2) is 0 Å². The van der Waals surface area contributed by atoms with Crippen molar-refractivity contribution in [3.05, 3.63) is 105 Å². The molecule has 0 radical (unpaired) electrons. The summed E-state index contributed by atoms with van der Waals surface area (Å²) in [5.41, 5.74) is 3.11. The van der Waals surface area contributed by atoms with E-state index in [1.807, 2.05) is 0 Å². The lowest BCUT2D eigenvalue weighted by Gasteiger charge is -2.18. The highest BCUT2D eigenvalue weighted by atomic mass is 35.5. The lowest BCUT2D eigenvalue weighted by Crippen LogP contribution is -2.27. The first kappa shape index (κ1) is 19.6. The van der Waals surface area contributed by atoms with Crippen LogP contribution in [0.4, 0.5) is 10.1 Å². The normalized spacial score (nSPS) is 14.0. The van der Waals surface area contributed by atoms with Crippen molar-refractivity contribution in [2.75, 3.05) is 5.32 Å². The summed E-state index contributed by atoms with van der Waals surface area (Å²) in [5.74, 6) is 4.93. The summed E-state index contributed by atoms with van der Waals surface area (Å²) in [6.07, 6.45) is 1.99. The van der Waals surface area contributed by atoms with E-state index >= 15 is 0 Å². The third-order valence-electron chi connectivity index (χ3n) is 4.60. The first-order chi connectivity index (χ1) is 14.5. The summed E-state index contributed by atoms with van der Waals surface area (Å²) in [5, 5.41) is 3.27. The van der Waals surface area contributed by atoms with Crippen molar-refractivity contribution in [2.45, 2.75) is 6.42 Å². The minimum absolute atomic E-state index is 0.0428. The summed E-state index contributed by atoms with van der Waals surface area (Å²) in [6.45, 7) is 0. The number of Topliss-reactive ketones (excluding diaryl/α,β-unsaturated/α-hetero) is 1. The highest BCUT2D eigenvalue weighted by Gasteiger charge is 2.28. The molecule has 0 fully saturated rings. The van der Waals surface area contributed by atoms with Crippen molar-refractivity contribution in [3.8, 4) is 11.8 Å². The molecule has 0 spiro atoms. The zero-order valence-corrected chi connectivity index (χ0v) is 16.5. The molecule has 1 N–H and O–H groups in total. The zero-order chi connectivity index (χ0) is 21.1. The van der Waals surface area contributed by atoms with Gasteiger partial charge in [-0.2, -0.15) is 0 Å². The molecule has 3 aromatic rings. The second kappa shape index (κ2) is 8.36. The molecule has 0 aromatic heterocycles. The number of benzene rings is 3. The standard InChI is InChI=1S/C25H15ClFNO2/c26-19-6-2-5-18(13-19)15-22-24(29)21-14-17(9-12-23(21)28-25(22)30)4-1-3-16-7-10-20(27)11-8-16/h2,5-15H,3H2,(H,28,30)/b22-15+. The number of halogens is 2. The van der Waals surface area contributed by atoms with E-state index in [1.165, 1.54) is 18.2 Å². The van der Waals surface area contributed by atoms with Gasteiger partial charge in [-0.25, -0.2) is 4.39 Å². The number of ketones is 1. The van der Waals surface area contributed by atoms with Crippen LogP contribution in [0.15, 0.2) is 72.3 Å². The van der Waals surface area contributed by atoms with Gasteiger partial charge in [0.25, 0.3) is 5.91 Å². The van der Waals surface area contributed by atoms with Crippen LogP contribution in [0, 0.1) is 17.7 Å². The summed E-state index contributed by atoms with van der Waals surface area (Å²) < 4.78 is 13.0. The molecule has 146 valence electrons. The first-order valence-electron chi connectivity index (χ1n) is 9.20. The number of carbonyl (C=O) groups is 2. The van der Waals surface area contributed by atoms with Crippen LogP contribution in [-0.4, -0.2) is 11.7 Å². The highest BCUT2D eigenvalue weighted by Crippen LogP contribution is 2.27. The van der Waals surface area contributed by atoms with Gasteiger partial charge in [0, 0.05) is 22.6 Å². The van der Waals surface area contributed by atoms with E-state index in [0.29, 0.717) is 33.8 Å². The van der Waals surface area contributed by atoms with Gasteiger partial charge in [0.05, 0.1) is 11.3 Å². The number of rotatable bonds is 2. The molecule has 0 saturated carbocycles. The largest absolute Gasteiger partial charge is 0.321 e. The molecule has 30 heavy (non-hydrogen) atoms. The van der Waals surface area contributed by atoms with Gasteiger partial charge in [0.1, 0.15) is 5.82 Å². The van der Waals surface area contributed by atoms with Gasteiger partial charge in [-0.05, 0) is 59.7 Å². The molecule has 3 aromatic carbocycles. The lowest BCUT2D eigenvalue weighted by molar-refractivity contribution is -0.112. The van der Waals surface area contributed by atoms with Crippen LogP contribution >= 0.6 is 11.6 Å². The Morgan fingerprint density at radius 1 is 1.00 bits per heavy atom. The molecule has 1 amide bonds. The smallest absolute Gasteiger partial charge is 0.259 e. The van der Waals surface area contributed by atoms with E-state index in [1.54, 1.807) is 54.6 Å². The molecule has 1 aliphatic heterocycles. The molecular formula is C25H15ClFNO2. The van der Waals surface area contributed by atoms with Crippen molar-refractivity contribution >= 4 is 35.1 Å². The minimum Gasteiger partial charge on any atom is -0.321 e.